The zero-order chi connectivity index (χ0) is 17.2. The molecule has 2 aliphatic rings. The van der Waals surface area contributed by atoms with Gasteiger partial charge in [0.1, 0.15) is 19.0 Å². The van der Waals surface area contributed by atoms with Gasteiger partial charge in [-0.2, -0.15) is 0 Å². The average molecular weight is 340 g/mol. The third kappa shape index (κ3) is 3.07. The predicted octanol–water partition coefficient (Wildman–Crippen LogP) is 1.97. The number of nitrogens with zero attached hydrogens (tertiary/aromatic N) is 1. The smallest absolute Gasteiger partial charge is 0.262 e. The first-order valence-corrected chi connectivity index (χ1v) is 8.35. The Morgan fingerprint density at radius 3 is 2.76 bits per heavy atom. The van der Waals surface area contributed by atoms with Crippen molar-refractivity contribution >= 4 is 11.6 Å². The number of rotatable bonds is 3. The second kappa shape index (κ2) is 6.55. The second-order valence-corrected chi connectivity index (χ2v) is 6.05. The Labute approximate surface area is 146 Å². The molecule has 6 nitrogen and oxygen atoms in total. The maximum Gasteiger partial charge on any atom is 0.262 e. The number of hydrogen-bond donors (Lipinski definition) is 1. The van der Waals surface area contributed by atoms with E-state index in [1.807, 2.05) is 42.5 Å². The summed E-state index contributed by atoms with van der Waals surface area (Å²) in [6, 6.07) is 13.7. The van der Waals surface area contributed by atoms with Gasteiger partial charge in [-0.25, -0.2) is 0 Å². The third-order valence-electron chi connectivity index (χ3n) is 4.38. The molecule has 0 fully saturated rings. The van der Waals surface area contributed by atoms with Gasteiger partial charge in [-0.15, -0.1) is 0 Å². The number of fused-ring (bicyclic) bond motifs is 2. The van der Waals surface area contributed by atoms with Crippen LogP contribution in [0.4, 0.5) is 5.69 Å². The van der Waals surface area contributed by atoms with Crippen molar-refractivity contribution in [3.63, 3.8) is 0 Å². The van der Waals surface area contributed by atoms with Crippen LogP contribution >= 0.6 is 0 Å². The minimum atomic E-state index is -0.530. The molecular weight excluding hydrogens is 320 g/mol. The fourth-order valence-corrected chi connectivity index (χ4v) is 3.16. The molecule has 25 heavy (non-hydrogen) atoms. The van der Waals surface area contributed by atoms with Gasteiger partial charge in [0.15, 0.2) is 17.6 Å². The van der Waals surface area contributed by atoms with E-state index < -0.39 is 6.10 Å². The van der Waals surface area contributed by atoms with Crippen LogP contribution < -0.4 is 24.4 Å². The van der Waals surface area contributed by atoms with E-state index in [1.54, 1.807) is 7.05 Å². The highest BCUT2D eigenvalue weighted by Crippen LogP contribution is 2.36. The van der Waals surface area contributed by atoms with Crippen molar-refractivity contribution in [2.75, 3.05) is 31.7 Å². The molecule has 0 saturated carbocycles. The van der Waals surface area contributed by atoms with Crippen LogP contribution in [0.15, 0.2) is 42.5 Å². The molecule has 130 valence electrons. The van der Waals surface area contributed by atoms with E-state index >= 15 is 0 Å². The van der Waals surface area contributed by atoms with Gasteiger partial charge in [-0.1, -0.05) is 18.2 Å². The Balaban J connectivity index is 1.61. The monoisotopic (exact) mass is 340 g/mol. The average Bonchev–Trinajstić information content (AvgIpc) is 2.67. The third-order valence-corrected chi connectivity index (χ3v) is 4.38. The predicted molar refractivity (Wildman–Crippen MR) is 93.4 cm³/mol. The van der Waals surface area contributed by atoms with Crippen LogP contribution in [0.5, 0.6) is 17.2 Å². The van der Waals surface area contributed by atoms with E-state index in [0.717, 1.165) is 28.5 Å². The number of carbonyl (C=O) groups is 1. The van der Waals surface area contributed by atoms with Crippen LogP contribution in [-0.4, -0.2) is 38.8 Å². The molecule has 1 atom stereocenters. The van der Waals surface area contributed by atoms with E-state index in [0.29, 0.717) is 26.3 Å². The Bertz CT molecular complexity index is 793. The first-order chi connectivity index (χ1) is 12.2. The van der Waals surface area contributed by atoms with Gasteiger partial charge in [0.2, 0.25) is 0 Å². The molecule has 6 heteroatoms. The molecule has 4 rings (SSSR count). The van der Waals surface area contributed by atoms with E-state index in [4.69, 9.17) is 14.2 Å². The summed E-state index contributed by atoms with van der Waals surface area (Å²) in [4.78, 5) is 14.2. The van der Waals surface area contributed by atoms with Crippen molar-refractivity contribution in [1.82, 2.24) is 5.32 Å². The molecule has 0 spiro atoms. The molecule has 1 N–H and O–H groups in total. The molecule has 2 aromatic carbocycles. The number of para-hydroxylation sites is 2. The van der Waals surface area contributed by atoms with E-state index in [2.05, 4.69) is 10.2 Å². The second-order valence-electron chi connectivity index (χ2n) is 6.05. The molecule has 1 unspecified atom stereocenters. The summed E-state index contributed by atoms with van der Waals surface area (Å²) in [5, 5.41) is 2.66. The first kappa shape index (κ1) is 15.6. The molecule has 1 amide bonds. The maximum atomic E-state index is 12.1. The minimum Gasteiger partial charge on any atom is -0.486 e. The fraction of sp³-hybridized carbons (Fsp3) is 0.316. The molecular formula is C19H20N2O4. The van der Waals surface area contributed by atoms with Crippen molar-refractivity contribution in [3.8, 4) is 17.2 Å². The van der Waals surface area contributed by atoms with Crippen molar-refractivity contribution in [2.45, 2.75) is 12.6 Å². The summed E-state index contributed by atoms with van der Waals surface area (Å²) in [5.41, 5.74) is 2.08. The Morgan fingerprint density at radius 2 is 1.92 bits per heavy atom. The number of anilines is 1. The van der Waals surface area contributed by atoms with Crippen molar-refractivity contribution in [1.29, 1.82) is 0 Å². The summed E-state index contributed by atoms with van der Waals surface area (Å²) in [6.07, 6.45) is -0.530. The van der Waals surface area contributed by atoms with E-state index in [-0.39, 0.29) is 5.91 Å². The number of amides is 1. The highest BCUT2D eigenvalue weighted by Gasteiger charge is 2.30. The SMILES string of the molecule is CNC(=O)C1CN(Cc2ccc3c(c2)OCCO3)c2ccccc2O1. The summed E-state index contributed by atoms with van der Waals surface area (Å²) in [7, 11) is 1.62. The Kier molecular flexibility index (Phi) is 4.09. The summed E-state index contributed by atoms with van der Waals surface area (Å²) in [6.45, 7) is 2.29. The molecule has 2 aromatic rings. The maximum absolute atomic E-state index is 12.1. The van der Waals surface area contributed by atoms with Crippen molar-refractivity contribution in [3.05, 3.63) is 48.0 Å². The number of benzene rings is 2. The fourth-order valence-electron chi connectivity index (χ4n) is 3.16. The molecule has 2 heterocycles. The zero-order valence-corrected chi connectivity index (χ0v) is 14.0. The van der Waals surface area contributed by atoms with Crippen molar-refractivity contribution < 1.29 is 19.0 Å². The number of likely N-dealkylation sites (N-methyl/N-ethyl adjacent to an activating group) is 1. The Morgan fingerprint density at radius 1 is 1.12 bits per heavy atom. The Hall–Kier alpha value is -2.89. The number of nitrogens with one attached hydrogen (secondary N) is 1. The van der Waals surface area contributed by atoms with Gasteiger partial charge >= 0.3 is 0 Å². The van der Waals surface area contributed by atoms with E-state index in [1.165, 1.54) is 0 Å². The number of carbonyl (C=O) groups excluding carboxylic acids is 1. The van der Waals surface area contributed by atoms with Crippen molar-refractivity contribution in [2.24, 2.45) is 0 Å². The summed E-state index contributed by atoms with van der Waals surface area (Å²) < 4.78 is 17.1. The largest absolute Gasteiger partial charge is 0.486 e. The zero-order valence-electron chi connectivity index (χ0n) is 14.0. The van der Waals surface area contributed by atoms with Crippen LogP contribution in [0.25, 0.3) is 0 Å². The van der Waals surface area contributed by atoms with Gasteiger partial charge in [-0.05, 0) is 29.8 Å². The quantitative estimate of drug-likeness (QED) is 0.926. The van der Waals surface area contributed by atoms with Gasteiger partial charge in [0.25, 0.3) is 5.91 Å². The highest BCUT2D eigenvalue weighted by molar-refractivity contribution is 5.83. The lowest BCUT2D eigenvalue weighted by molar-refractivity contribution is -0.127. The standard InChI is InChI=1S/C19H20N2O4/c1-20-19(22)18-12-21(14-4-2-3-5-15(14)25-18)11-13-6-7-16-17(10-13)24-9-8-23-16/h2-7,10,18H,8-9,11-12H2,1H3,(H,20,22). The van der Waals surface area contributed by atoms with Crippen LogP contribution in [0.2, 0.25) is 0 Å². The van der Waals surface area contributed by atoms with Gasteiger partial charge in [0, 0.05) is 13.6 Å². The normalized spacial score (nSPS) is 18.1. The molecule has 0 aliphatic carbocycles. The highest BCUT2D eigenvalue weighted by atomic mass is 16.6. The number of hydrogen-bond acceptors (Lipinski definition) is 5. The lowest BCUT2D eigenvalue weighted by Crippen LogP contribution is -2.47. The van der Waals surface area contributed by atoms with Crippen LogP contribution in [0, 0.1) is 0 Å². The lowest BCUT2D eigenvalue weighted by atomic mass is 10.1. The topological polar surface area (TPSA) is 60.0 Å². The van der Waals surface area contributed by atoms with Crippen LogP contribution in [0.3, 0.4) is 0 Å². The molecule has 0 aromatic heterocycles. The van der Waals surface area contributed by atoms with Crippen LogP contribution in [0.1, 0.15) is 5.56 Å². The molecule has 0 bridgehead atoms. The number of ether oxygens (including phenoxy) is 3. The summed E-state index contributed by atoms with van der Waals surface area (Å²) in [5.74, 6) is 2.15. The van der Waals surface area contributed by atoms with Gasteiger partial charge < -0.3 is 24.4 Å². The first-order valence-electron chi connectivity index (χ1n) is 8.35. The van der Waals surface area contributed by atoms with Crippen LogP contribution in [-0.2, 0) is 11.3 Å². The molecule has 0 radical (unpaired) electrons. The molecule has 0 saturated heterocycles. The lowest BCUT2D eigenvalue weighted by Gasteiger charge is -2.35. The van der Waals surface area contributed by atoms with Gasteiger partial charge in [0.05, 0.1) is 12.2 Å². The van der Waals surface area contributed by atoms with E-state index in [9.17, 15) is 4.79 Å². The van der Waals surface area contributed by atoms with Gasteiger partial charge in [-0.3, -0.25) is 4.79 Å². The summed E-state index contributed by atoms with van der Waals surface area (Å²) >= 11 is 0. The molecule has 2 aliphatic heterocycles. The minimum absolute atomic E-state index is 0.123.